The van der Waals surface area contributed by atoms with Gasteiger partial charge in [-0.15, -0.1) is 0 Å². The van der Waals surface area contributed by atoms with E-state index in [4.69, 9.17) is 0 Å². The fourth-order valence-corrected chi connectivity index (χ4v) is 2.20. The van der Waals surface area contributed by atoms with Crippen molar-refractivity contribution in [1.82, 2.24) is 0 Å². The average molecular weight is 308 g/mol. The van der Waals surface area contributed by atoms with E-state index in [2.05, 4.69) is 48.4 Å². The molecule has 0 aliphatic rings. The first kappa shape index (κ1) is 16.9. The van der Waals surface area contributed by atoms with Gasteiger partial charge in [-0.25, -0.2) is 0 Å². The van der Waals surface area contributed by atoms with Crippen molar-refractivity contribution in [2.75, 3.05) is 5.32 Å². The zero-order chi connectivity index (χ0) is 16.7. The minimum absolute atomic E-state index is 0.0500. The number of carbonyl (C=O) groups is 1. The van der Waals surface area contributed by atoms with Crippen molar-refractivity contribution in [3.05, 3.63) is 59.7 Å². The molecule has 0 atom stereocenters. The maximum atomic E-state index is 11.5. The molecular weight excluding hydrogens is 284 g/mol. The Hall–Kier alpha value is -2.42. The number of benzene rings is 2. The third kappa shape index (κ3) is 5.37. The third-order valence-electron chi connectivity index (χ3n) is 3.59. The summed E-state index contributed by atoms with van der Waals surface area (Å²) in [5, 5.41) is 2.87. The Labute approximate surface area is 138 Å². The van der Waals surface area contributed by atoms with Crippen molar-refractivity contribution in [2.45, 2.75) is 39.5 Å². The second kappa shape index (κ2) is 8.28. The minimum Gasteiger partial charge on any atom is -0.326 e. The molecule has 3 heteroatoms. The molecule has 0 aromatic heterocycles. The van der Waals surface area contributed by atoms with Gasteiger partial charge in [-0.2, -0.15) is 0 Å². The number of amides is 1. The van der Waals surface area contributed by atoms with Crippen molar-refractivity contribution in [3.8, 4) is 0 Å². The van der Waals surface area contributed by atoms with Crippen LogP contribution in [0.25, 0.3) is 0 Å². The van der Waals surface area contributed by atoms with E-state index in [1.807, 2.05) is 37.4 Å². The highest BCUT2D eigenvalue weighted by atomic mass is 16.1. The average Bonchev–Trinajstić information content (AvgIpc) is 2.55. The fraction of sp³-hybridized carbons (Fsp3) is 0.300. The van der Waals surface area contributed by atoms with Crippen LogP contribution in [0.2, 0.25) is 0 Å². The highest BCUT2D eigenvalue weighted by Crippen LogP contribution is 2.18. The van der Waals surface area contributed by atoms with E-state index in [0.29, 0.717) is 12.3 Å². The van der Waals surface area contributed by atoms with Crippen molar-refractivity contribution in [3.63, 3.8) is 0 Å². The number of rotatable bonds is 6. The van der Waals surface area contributed by atoms with Crippen LogP contribution >= 0.6 is 0 Å². The largest absolute Gasteiger partial charge is 0.326 e. The number of anilines is 1. The van der Waals surface area contributed by atoms with E-state index >= 15 is 0 Å². The Balaban J connectivity index is 1.98. The molecule has 2 rings (SSSR count). The summed E-state index contributed by atoms with van der Waals surface area (Å²) in [4.78, 5) is 16.0. The van der Waals surface area contributed by atoms with Crippen LogP contribution in [-0.2, 0) is 4.79 Å². The Morgan fingerprint density at radius 2 is 1.74 bits per heavy atom. The molecule has 0 unspecified atom stereocenters. The quantitative estimate of drug-likeness (QED) is 0.723. The predicted molar refractivity (Wildman–Crippen MR) is 97.8 cm³/mol. The van der Waals surface area contributed by atoms with Gasteiger partial charge in [0.25, 0.3) is 0 Å². The van der Waals surface area contributed by atoms with Gasteiger partial charge in [0.1, 0.15) is 0 Å². The molecule has 0 aliphatic heterocycles. The van der Waals surface area contributed by atoms with Crippen LogP contribution in [0.1, 0.15) is 50.7 Å². The van der Waals surface area contributed by atoms with Gasteiger partial charge in [-0.05, 0) is 47.7 Å². The van der Waals surface area contributed by atoms with Crippen molar-refractivity contribution < 1.29 is 4.79 Å². The second-order valence-electron chi connectivity index (χ2n) is 5.92. The molecule has 0 aliphatic carbocycles. The lowest BCUT2D eigenvalue weighted by Crippen LogP contribution is -2.10. The fourth-order valence-electron chi connectivity index (χ4n) is 2.20. The van der Waals surface area contributed by atoms with E-state index in [1.54, 1.807) is 0 Å². The number of hydrogen-bond donors (Lipinski definition) is 1. The van der Waals surface area contributed by atoms with E-state index in [-0.39, 0.29) is 5.91 Å². The lowest BCUT2D eigenvalue weighted by Gasteiger charge is -2.05. The van der Waals surface area contributed by atoms with Crippen molar-refractivity contribution in [2.24, 2.45) is 4.99 Å². The molecule has 2 aromatic carbocycles. The molecule has 1 amide bonds. The zero-order valence-electron chi connectivity index (χ0n) is 14.0. The highest BCUT2D eigenvalue weighted by Gasteiger charge is 2.00. The van der Waals surface area contributed by atoms with Crippen LogP contribution in [0.15, 0.2) is 53.5 Å². The van der Waals surface area contributed by atoms with E-state index in [9.17, 15) is 4.79 Å². The maximum Gasteiger partial charge on any atom is 0.224 e. The number of nitrogens with zero attached hydrogens (tertiary/aromatic N) is 1. The Kier molecular flexibility index (Phi) is 6.10. The van der Waals surface area contributed by atoms with Gasteiger partial charge in [0, 0.05) is 18.3 Å². The summed E-state index contributed by atoms with van der Waals surface area (Å²) in [6.45, 7) is 6.36. The molecule has 3 nitrogen and oxygen atoms in total. The molecule has 0 saturated heterocycles. The van der Waals surface area contributed by atoms with Crippen LogP contribution < -0.4 is 5.32 Å². The molecular formula is C20H24N2O. The molecule has 0 saturated carbocycles. The van der Waals surface area contributed by atoms with E-state index in [1.165, 1.54) is 5.56 Å². The van der Waals surface area contributed by atoms with Gasteiger partial charge in [-0.3, -0.25) is 9.79 Å². The van der Waals surface area contributed by atoms with Crippen molar-refractivity contribution in [1.29, 1.82) is 0 Å². The number of carbonyl (C=O) groups excluding carboxylic acids is 1. The molecule has 0 spiro atoms. The molecule has 0 bridgehead atoms. The zero-order valence-corrected chi connectivity index (χ0v) is 14.0. The van der Waals surface area contributed by atoms with Gasteiger partial charge >= 0.3 is 0 Å². The summed E-state index contributed by atoms with van der Waals surface area (Å²) in [6, 6.07) is 16.0. The minimum atomic E-state index is 0.0500. The Morgan fingerprint density at radius 3 is 2.30 bits per heavy atom. The third-order valence-corrected chi connectivity index (χ3v) is 3.59. The Morgan fingerprint density at radius 1 is 1.09 bits per heavy atom. The molecule has 0 radical (unpaired) electrons. The Bertz CT molecular complexity index is 655. The van der Waals surface area contributed by atoms with Crippen LogP contribution in [0, 0.1) is 0 Å². The van der Waals surface area contributed by atoms with Crippen LogP contribution in [0.4, 0.5) is 11.4 Å². The lowest BCUT2D eigenvalue weighted by molar-refractivity contribution is -0.116. The summed E-state index contributed by atoms with van der Waals surface area (Å²) < 4.78 is 0. The van der Waals surface area contributed by atoms with Gasteiger partial charge < -0.3 is 5.32 Å². The first-order chi connectivity index (χ1) is 11.1. The first-order valence-electron chi connectivity index (χ1n) is 8.12. The van der Waals surface area contributed by atoms with Gasteiger partial charge in [-0.1, -0.05) is 45.0 Å². The molecule has 2 aromatic rings. The standard InChI is InChI=1S/C20H24N2O/c1-4-5-20(23)22-19-12-10-18(11-13-19)21-14-16-6-8-17(9-7-16)15(2)3/h6-15H,4-5H2,1-3H3,(H,22,23). The molecule has 0 heterocycles. The smallest absolute Gasteiger partial charge is 0.224 e. The topological polar surface area (TPSA) is 41.5 Å². The number of hydrogen-bond acceptors (Lipinski definition) is 2. The van der Waals surface area contributed by atoms with Crippen molar-refractivity contribution >= 4 is 23.5 Å². The highest BCUT2D eigenvalue weighted by molar-refractivity contribution is 5.90. The number of aliphatic imine (C=N–C) groups is 1. The molecule has 120 valence electrons. The second-order valence-corrected chi connectivity index (χ2v) is 5.92. The monoisotopic (exact) mass is 308 g/mol. The summed E-state index contributed by atoms with van der Waals surface area (Å²) in [5.74, 6) is 0.588. The normalized spacial score (nSPS) is 11.1. The van der Waals surface area contributed by atoms with Gasteiger partial charge in [0.2, 0.25) is 5.91 Å². The molecule has 23 heavy (non-hydrogen) atoms. The van der Waals surface area contributed by atoms with Gasteiger partial charge in [0.15, 0.2) is 0 Å². The summed E-state index contributed by atoms with van der Waals surface area (Å²) in [5.41, 5.74) is 4.08. The van der Waals surface area contributed by atoms with Crippen LogP contribution in [-0.4, -0.2) is 12.1 Å². The molecule has 0 fully saturated rings. The summed E-state index contributed by atoms with van der Waals surface area (Å²) in [7, 11) is 0. The predicted octanol–water partition coefficient (Wildman–Crippen LogP) is 5.30. The SMILES string of the molecule is CCCC(=O)Nc1ccc(N=Cc2ccc(C(C)C)cc2)cc1. The van der Waals surface area contributed by atoms with Crippen LogP contribution in [0.5, 0.6) is 0 Å². The van der Waals surface area contributed by atoms with Crippen LogP contribution in [0.3, 0.4) is 0 Å². The van der Waals surface area contributed by atoms with E-state index < -0.39 is 0 Å². The summed E-state index contributed by atoms with van der Waals surface area (Å²) >= 11 is 0. The van der Waals surface area contributed by atoms with E-state index in [0.717, 1.165) is 23.4 Å². The maximum absolute atomic E-state index is 11.5. The summed E-state index contributed by atoms with van der Waals surface area (Å²) in [6.07, 6.45) is 3.25. The first-order valence-corrected chi connectivity index (χ1v) is 8.12. The van der Waals surface area contributed by atoms with Gasteiger partial charge in [0.05, 0.1) is 5.69 Å². The lowest BCUT2D eigenvalue weighted by atomic mass is 10.0. The molecule has 1 N–H and O–H groups in total. The number of nitrogens with one attached hydrogen (secondary N) is 1.